The molecule has 0 fully saturated rings. The van der Waals surface area contributed by atoms with E-state index < -0.39 is 32.5 Å². The fourth-order valence-corrected chi connectivity index (χ4v) is 4.50. The minimum atomic E-state index is -3.92. The van der Waals surface area contributed by atoms with Gasteiger partial charge in [0.1, 0.15) is 12.1 Å². The summed E-state index contributed by atoms with van der Waals surface area (Å²) in [7, 11) is -3.92. The molecule has 0 aliphatic rings. The first kappa shape index (κ1) is 27.3. The Kier molecular flexibility index (Phi) is 9.10. The van der Waals surface area contributed by atoms with E-state index in [1.54, 1.807) is 59.2 Å². The Morgan fingerprint density at radius 2 is 1.95 bits per heavy atom. The number of para-hydroxylation sites is 1. The number of ether oxygens (including phenoxy) is 3. The molecule has 4 aromatic rings. The maximum Gasteiger partial charge on any atom is 0.515 e. The summed E-state index contributed by atoms with van der Waals surface area (Å²) in [5.74, 6) is 0.217. The summed E-state index contributed by atoms with van der Waals surface area (Å²) in [6.45, 7) is -0.570. The number of anilines is 1. The monoisotopic (exact) mass is 563 g/mol. The Morgan fingerprint density at radius 1 is 1.13 bits per heavy atom. The average Bonchev–Trinajstić information content (AvgIpc) is 3.29. The van der Waals surface area contributed by atoms with Gasteiger partial charge in [-0.2, -0.15) is 4.98 Å². The molecule has 4 rings (SSSR count). The number of nitrogens with one attached hydrogen (secondary N) is 1. The molecule has 1 unspecified atom stereocenters. The number of hydrogen-bond acceptors (Lipinski definition) is 11. The molecule has 0 aliphatic heterocycles. The first-order valence-electron chi connectivity index (χ1n) is 11.1. The lowest BCUT2D eigenvalue weighted by Gasteiger charge is -2.19. The molecule has 0 bridgehead atoms. The number of fused-ring (bicyclic) bond motifs is 1. The smallest absolute Gasteiger partial charge is 0.406 e. The quantitative estimate of drug-likeness (QED) is 0.0841. The lowest BCUT2D eigenvalue weighted by molar-refractivity contribution is 0.0154. The van der Waals surface area contributed by atoms with E-state index in [9.17, 15) is 14.2 Å². The highest BCUT2D eigenvalue weighted by atomic mass is 35.5. The number of aromatic nitrogens is 4. The number of H-pyrrole nitrogens is 1. The van der Waals surface area contributed by atoms with Crippen LogP contribution in [0.3, 0.4) is 0 Å². The van der Waals surface area contributed by atoms with Crippen LogP contribution in [0.25, 0.3) is 11.2 Å². The van der Waals surface area contributed by atoms with Crippen LogP contribution in [0, 0.1) is 0 Å². The van der Waals surface area contributed by atoms with Gasteiger partial charge in [-0.3, -0.25) is 18.9 Å². The van der Waals surface area contributed by atoms with E-state index in [1.807, 2.05) is 0 Å². The van der Waals surface area contributed by atoms with E-state index in [-0.39, 0.29) is 42.6 Å². The van der Waals surface area contributed by atoms with Crippen molar-refractivity contribution in [2.24, 2.45) is 0 Å². The molecule has 0 radical (unpaired) electrons. The van der Waals surface area contributed by atoms with Gasteiger partial charge in [0.2, 0.25) is 12.7 Å². The highest BCUT2D eigenvalue weighted by Crippen LogP contribution is 2.49. The van der Waals surface area contributed by atoms with Gasteiger partial charge in [-0.1, -0.05) is 41.9 Å². The fraction of sp³-hybridized carbons (Fsp3) is 0.217. The molecule has 0 aliphatic carbocycles. The van der Waals surface area contributed by atoms with Crippen molar-refractivity contribution in [2.75, 3.05) is 25.5 Å². The highest BCUT2D eigenvalue weighted by Gasteiger charge is 2.27. The van der Waals surface area contributed by atoms with Crippen molar-refractivity contribution in [2.45, 2.75) is 13.2 Å². The second-order valence-electron chi connectivity index (χ2n) is 7.67. The van der Waals surface area contributed by atoms with Crippen molar-refractivity contribution in [3.63, 3.8) is 0 Å². The van der Waals surface area contributed by atoms with Gasteiger partial charge in [-0.05, 0) is 29.8 Å². The van der Waals surface area contributed by atoms with Crippen LogP contribution in [-0.4, -0.2) is 45.4 Å². The molecule has 1 atom stereocenters. The average molecular weight is 564 g/mol. The maximum absolute atomic E-state index is 13.3. The zero-order valence-electron chi connectivity index (χ0n) is 19.8. The third kappa shape index (κ3) is 7.63. The molecule has 2 aromatic heterocycles. The normalized spacial score (nSPS) is 12.8. The number of nitrogens with zero attached hydrogens (tertiary/aromatic N) is 3. The van der Waals surface area contributed by atoms with E-state index in [0.717, 1.165) is 0 Å². The minimum Gasteiger partial charge on any atom is -0.406 e. The van der Waals surface area contributed by atoms with Crippen LogP contribution < -0.4 is 16.0 Å². The summed E-state index contributed by atoms with van der Waals surface area (Å²) in [6, 6.07) is 15.0. The number of benzene rings is 2. The van der Waals surface area contributed by atoms with Crippen LogP contribution in [0.1, 0.15) is 5.56 Å². The topological polar surface area (TPSA) is 170 Å². The van der Waals surface area contributed by atoms with Gasteiger partial charge in [0.25, 0.3) is 5.56 Å². The Labute approximate surface area is 220 Å². The third-order valence-corrected chi connectivity index (χ3v) is 6.66. The van der Waals surface area contributed by atoms with E-state index in [4.69, 9.17) is 40.6 Å². The number of aromatic amines is 1. The summed E-state index contributed by atoms with van der Waals surface area (Å²) >= 11 is 6.00. The number of imidazole rings is 1. The number of nitrogens with two attached hydrogens (primary N) is 1. The minimum absolute atomic E-state index is 0.0324. The first-order chi connectivity index (χ1) is 18.3. The number of hydrogen-bond donors (Lipinski definition) is 2. The molecule has 38 heavy (non-hydrogen) atoms. The molecule has 2 heterocycles. The van der Waals surface area contributed by atoms with E-state index in [0.29, 0.717) is 10.6 Å². The van der Waals surface area contributed by atoms with Crippen molar-refractivity contribution in [3.8, 4) is 5.75 Å². The molecule has 2 aromatic carbocycles. The predicted octanol–water partition coefficient (Wildman–Crippen LogP) is 3.93. The van der Waals surface area contributed by atoms with Crippen molar-refractivity contribution in [3.05, 3.63) is 81.9 Å². The van der Waals surface area contributed by atoms with Crippen LogP contribution in [0.5, 0.6) is 5.75 Å². The Morgan fingerprint density at radius 3 is 2.74 bits per heavy atom. The zero-order valence-corrected chi connectivity index (χ0v) is 21.5. The summed E-state index contributed by atoms with van der Waals surface area (Å²) in [6.07, 6.45) is -0.103. The lowest BCUT2D eigenvalue weighted by atomic mass is 10.2. The summed E-state index contributed by atoms with van der Waals surface area (Å²) in [5, 5.41) is 0.478. The van der Waals surface area contributed by atoms with Gasteiger partial charge < -0.3 is 29.0 Å². The van der Waals surface area contributed by atoms with Crippen LogP contribution in [-0.2, 0) is 36.2 Å². The molecule has 13 nitrogen and oxygen atoms in total. The van der Waals surface area contributed by atoms with E-state index in [2.05, 4.69) is 15.0 Å². The number of halogens is 1. The van der Waals surface area contributed by atoms with Crippen LogP contribution in [0.4, 0.5) is 10.7 Å². The lowest BCUT2D eigenvalue weighted by Crippen LogP contribution is -2.15. The maximum atomic E-state index is 13.3. The van der Waals surface area contributed by atoms with Gasteiger partial charge >= 0.3 is 13.8 Å². The number of rotatable bonds is 12. The number of carbonyl (C=O) groups excluding carboxylic acids is 1. The van der Waals surface area contributed by atoms with Gasteiger partial charge in [0, 0.05) is 11.6 Å². The molecular weight excluding hydrogens is 541 g/mol. The summed E-state index contributed by atoms with van der Waals surface area (Å²) in [4.78, 5) is 34.3. The Hall–Kier alpha value is -3.74. The second-order valence-corrected chi connectivity index (χ2v) is 10.1. The van der Waals surface area contributed by atoms with Crippen molar-refractivity contribution >= 4 is 42.5 Å². The first-order valence-corrected chi connectivity index (χ1v) is 13.2. The second kappa shape index (κ2) is 12.7. The van der Waals surface area contributed by atoms with Crippen molar-refractivity contribution in [1.82, 2.24) is 19.5 Å². The molecule has 0 spiro atoms. The number of nitrogen functional groups attached to an aromatic ring is 1. The summed E-state index contributed by atoms with van der Waals surface area (Å²) in [5.41, 5.74) is 6.18. The van der Waals surface area contributed by atoms with E-state index >= 15 is 0 Å². The van der Waals surface area contributed by atoms with Crippen LogP contribution >= 0.6 is 19.2 Å². The van der Waals surface area contributed by atoms with Crippen LogP contribution in [0.2, 0.25) is 5.02 Å². The fourth-order valence-electron chi connectivity index (χ4n) is 3.15. The molecular formula is C23H23ClN5O8P. The molecule has 0 saturated heterocycles. The molecule has 15 heteroatoms. The van der Waals surface area contributed by atoms with Crippen molar-refractivity contribution < 1.29 is 32.6 Å². The molecule has 3 N–H and O–H groups in total. The van der Waals surface area contributed by atoms with Crippen LogP contribution in [0.15, 0.2) is 65.7 Å². The molecule has 0 saturated carbocycles. The Balaban J connectivity index is 1.34. The molecule has 200 valence electrons. The Bertz CT molecular complexity index is 1500. The highest BCUT2D eigenvalue weighted by molar-refractivity contribution is 7.53. The summed E-state index contributed by atoms with van der Waals surface area (Å²) < 4.78 is 41.1. The van der Waals surface area contributed by atoms with Gasteiger partial charge in [-0.15, -0.1) is 0 Å². The number of carbonyl (C=O) groups is 1. The standard InChI is InChI=1S/C23H23ClN5O8P/c24-17-6-4-5-16(11-17)12-35-38(32,36-14-34-23(31)37-18-7-2-1-3-8-18)15-33-10-9-29-13-26-19-20(29)27-22(25)28-21(19)30/h1-8,11,13H,9-10,12,14-15H2,(H3,25,27,28,30). The van der Waals surface area contributed by atoms with Gasteiger partial charge in [-0.25, -0.2) is 9.78 Å². The molecule has 0 amide bonds. The van der Waals surface area contributed by atoms with Crippen molar-refractivity contribution in [1.29, 1.82) is 0 Å². The van der Waals surface area contributed by atoms with Gasteiger partial charge in [0.15, 0.2) is 11.2 Å². The largest absolute Gasteiger partial charge is 0.515 e. The zero-order chi connectivity index (χ0) is 27.0. The predicted molar refractivity (Wildman–Crippen MR) is 137 cm³/mol. The third-order valence-electron chi connectivity index (χ3n) is 4.91. The SMILES string of the molecule is Nc1nc2c(ncn2CCOCP(=O)(OCOC(=O)Oc2ccccc2)OCc2cccc(Cl)c2)c(=O)[nH]1. The van der Waals surface area contributed by atoms with Gasteiger partial charge in [0.05, 0.1) is 19.5 Å². The van der Waals surface area contributed by atoms with E-state index in [1.165, 1.54) is 6.33 Å².